The minimum Gasteiger partial charge on any atom is -0.274 e. The lowest BCUT2D eigenvalue weighted by Crippen LogP contribution is -2.41. The van der Waals surface area contributed by atoms with Crippen LogP contribution >= 0.6 is 11.6 Å². The van der Waals surface area contributed by atoms with E-state index in [-0.39, 0.29) is 35.5 Å². The number of aryl methyl sites for hydroxylation is 1. The largest absolute Gasteiger partial charge is 0.274 e. The van der Waals surface area contributed by atoms with Crippen LogP contribution in [0.4, 0.5) is 5.69 Å². The molecule has 1 saturated heterocycles. The van der Waals surface area contributed by atoms with Crippen LogP contribution in [0.5, 0.6) is 0 Å². The molecule has 3 aliphatic carbocycles. The number of anilines is 1. The summed E-state index contributed by atoms with van der Waals surface area (Å²) in [5, 5.41) is 0.600. The summed E-state index contributed by atoms with van der Waals surface area (Å²) in [6.07, 6.45) is 0. The van der Waals surface area contributed by atoms with E-state index in [4.69, 9.17) is 11.6 Å². The van der Waals surface area contributed by atoms with E-state index < -0.39 is 0 Å². The van der Waals surface area contributed by atoms with E-state index in [1.54, 1.807) is 18.2 Å². The van der Waals surface area contributed by atoms with E-state index in [1.165, 1.54) is 27.2 Å². The second kappa shape index (κ2) is 5.80. The van der Waals surface area contributed by atoms with Crippen LogP contribution in [0.3, 0.4) is 0 Å². The fourth-order valence-corrected chi connectivity index (χ4v) is 6.01. The first-order chi connectivity index (χ1) is 14.1. The summed E-state index contributed by atoms with van der Waals surface area (Å²) in [5.74, 6) is -1.05. The first kappa shape index (κ1) is 17.0. The van der Waals surface area contributed by atoms with Crippen molar-refractivity contribution in [1.29, 1.82) is 0 Å². The van der Waals surface area contributed by atoms with Gasteiger partial charge in [-0.2, -0.15) is 0 Å². The molecule has 1 heterocycles. The Bertz CT molecular complexity index is 1100. The zero-order chi connectivity index (χ0) is 19.9. The van der Waals surface area contributed by atoms with Crippen molar-refractivity contribution >= 4 is 29.1 Å². The van der Waals surface area contributed by atoms with Crippen molar-refractivity contribution in [1.82, 2.24) is 0 Å². The molecule has 2 atom stereocenters. The topological polar surface area (TPSA) is 37.4 Å². The molecule has 1 aliphatic heterocycles. The maximum Gasteiger partial charge on any atom is 0.238 e. The molecule has 4 heteroatoms. The Hall–Kier alpha value is -2.91. The third-order valence-corrected chi connectivity index (χ3v) is 7.08. The number of hydrogen-bond donors (Lipinski definition) is 0. The van der Waals surface area contributed by atoms with Crippen LogP contribution in [0.2, 0.25) is 5.02 Å². The van der Waals surface area contributed by atoms with Crippen molar-refractivity contribution in [2.75, 3.05) is 4.90 Å². The molecule has 142 valence electrons. The molecule has 29 heavy (non-hydrogen) atoms. The number of imide groups is 1. The lowest BCUT2D eigenvalue weighted by atomic mass is 9.55. The van der Waals surface area contributed by atoms with Gasteiger partial charge in [0, 0.05) is 16.9 Å². The Morgan fingerprint density at radius 3 is 1.59 bits per heavy atom. The van der Waals surface area contributed by atoms with Gasteiger partial charge in [0.15, 0.2) is 0 Å². The summed E-state index contributed by atoms with van der Waals surface area (Å²) in [6.45, 7) is 1.89. The quantitative estimate of drug-likeness (QED) is 0.537. The molecule has 0 radical (unpaired) electrons. The third-order valence-electron chi connectivity index (χ3n) is 6.85. The van der Waals surface area contributed by atoms with Crippen LogP contribution in [0.15, 0.2) is 66.7 Å². The van der Waals surface area contributed by atoms with E-state index in [0.29, 0.717) is 10.7 Å². The normalized spacial score (nSPS) is 26.3. The summed E-state index contributed by atoms with van der Waals surface area (Å²) in [7, 11) is 0. The highest BCUT2D eigenvalue weighted by molar-refractivity contribution is 6.31. The number of rotatable bonds is 1. The van der Waals surface area contributed by atoms with Crippen molar-refractivity contribution in [3.63, 3.8) is 0 Å². The summed E-state index contributed by atoms with van der Waals surface area (Å²) in [5.41, 5.74) is 6.23. The molecule has 0 N–H and O–H groups in total. The van der Waals surface area contributed by atoms with Crippen LogP contribution in [0.25, 0.3) is 0 Å². The zero-order valence-electron chi connectivity index (χ0n) is 15.8. The maximum atomic E-state index is 13.7. The average molecular weight is 400 g/mol. The van der Waals surface area contributed by atoms with E-state index >= 15 is 0 Å². The van der Waals surface area contributed by atoms with Crippen molar-refractivity contribution in [2.45, 2.75) is 18.8 Å². The van der Waals surface area contributed by atoms with Gasteiger partial charge in [0.25, 0.3) is 0 Å². The van der Waals surface area contributed by atoms with Crippen LogP contribution in [-0.4, -0.2) is 11.8 Å². The monoisotopic (exact) mass is 399 g/mol. The highest BCUT2D eigenvalue weighted by Crippen LogP contribution is 2.61. The second-order valence-corrected chi connectivity index (χ2v) is 8.64. The fourth-order valence-electron chi connectivity index (χ4n) is 5.78. The molecule has 3 aromatic carbocycles. The van der Waals surface area contributed by atoms with Gasteiger partial charge >= 0.3 is 0 Å². The molecule has 2 amide bonds. The van der Waals surface area contributed by atoms with Crippen molar-refractivity contribution < 1.29 is 9.59 Å². The highest BCUT2D eigenvalue weighted by Gasteiger charge is 2.61. The van der Waals surface area contributed by atoms with E-state index in [2.05, 4.69) is 24.3 Å². The first-order valence-corrected chi connectivity index (χ1v) is 10.3. The summed E-state index contributed by atoms with van der Waals surface area (Å²) < 4.78 is 0. The average Bonchev–Trinajstić information content (AvgIpc) is 2.99. The predicted octanol–water partition coefficient (Wildman–Crippen LogP) is 5.05. The molecule has 4 aliphatic rings. The van der Waals surface area contributed by atoms with Gasteiger partial charge < -0.3 is 0 Å². The van der Waals surface area contributed by atoms with Gasteiger partial charge in [-0.15, -0.1) is 0 Å². The van der Waals surface area contributed by atoms with Crippen LogP contribution in [0, 0.1) is 18.8 Å². The lowest BCUT2D eigenvalue weighted by molar-refractivity contribution is -0.122. The Kier molecular flexibility index (Phi) is 3.40. The maximum absolute atomic E-state index is 13.7. The highest BCUT2D eigenvalue weighted by atomic mass is 35.5. The molecule has 0 saturated carbocycles. The van der Waals surface area contributed by atoms with Gasteiger partial charge in [0.05, 0.1) is 17.5 Å². The van der Waals surface area contributed by atoms with Gasteiger partial charge in [0.2, 0.25) is 11.8 Å². The van der Waals surface area contributed by atoms with Gasteiger partial charge in [-0.25, -0.2) is 4.90 Å². The Morgan fingerprint density at radius 1 is 0.724 bits per heavy atom. The molecular formula is C25H18ClNO2. The van der Waals surface area contributed by atoms with Crippen LogP contribution in [0.1, 0.15) is 39.7 Å². The molecule has 7 rings (SSSR count). The smallest absolute Gasteiger partial charge is 0.238 e. The molecule has 2 unspecified atom stereocenters. The van der Waals surface area contributed by atoms with Crippen LogP contribution in [-0.2, 0) is 9.59 Å². The molecule has 0 spiro atoms. The number of halogens is 1. The number of amides is 2. The van der Waals surface area contributed by atoms with Crippen molar-refractivity contribution in [2.24, 2.45) is 11.8 Å². The van der Waals surface area contributed by atoms with Crippen molar-refractivity contribution in [3.05, 3.63) is 99.6 Å². The Morgan fingerprint density at radius 2 is 1.17 bits per heavy atom. The fraction of sp³-hybridized carbons (Fsp3) is 0.200. The van der Waals surface area contributed by atoms with Crippen molar-refractivity contribution in [3.8, 4) is 0 Å². The summed E-state index contributed by atoms with van der Waals surface area (Å²) in [6, 6.07) is 21.9. The summed E-state index contributed by atoms with van der Waals surface area (Å²) >= 11 is 6.11. The van der Waals surface area contributed by atoms with E-state index in [0.717, 1.165) is 5.56 Å². The van der Waals surface area contributed by atoms with Gasteiger partial charge in [-0.3, -0.25) is 9.59 Å². The number of benzene rings is 3. The van der Waals surface area contributed by atoms with Gasteiger partial charge in [-0.05, 0) is 52.9 Å². The number of nitrogens with zero attached hydrogens (tertiary/aromatic N) is 1. The standard InChI is InChI=1S/C25H18ClNO2/c1-13-12-14(26)10-11-19(13)27-24(28)22-20-15-6-2-3-7-16(15)21(23(22)25(27)29)18-9-5-4-8-17(18)20/h2-12,20-23H,1H3. The lowest BCUT2D eigenvalue weighted by Gasteiger charge is -2.45. The first-order valence-electron chi connectivity index (χ1n) is 9.89. The molecule has 3 nitrogen and oxygen atoms in total. The van der Waals surface area contributed by atoms with Crippen LogP contribution < -0.4 is 4.90 Å². The zero-order valence-corrected chi connectivity index (χ0v) is 16.6. The molecular weight excluding hydrogens is 382 g/mol. The third kappa shape index (κ3) is 2.09. The number of carbonyl (C=O) groups is 2. The van der Waals surface area contributed by atoms with E-state index in [9.17, 15) is 9.59 Å². The van der Waals surface area contributed by atoms with Gasteiger partial charge in [-0.1, -0.05) is 60.1 Å². The molecule has 1 fully saturated rings. The minimum absolute atomic E-state index is 0.0774. The van der Waals surface area contributed by atoms with Gasteiger partial charge in [0.1, 0.15) is 0 Å². The molecule has 3 aromatic rings. The summed E-state index contributed by atoms with van der Waals surface area (Å²) in [4.78, 5) is 28.8. The molecule has 0 aromatic heterocycles. The SMILES string of the molecule is Cc1cc(Cl)ccc1N1C(=O)C2C3c4ccccc4C(c4ccccc43)C2C1=O. The Balaban J connectivity index is 1.57. The predicted molar refractivity (Wildman–Crippen MR) is 112 cm³/mol. The minimum atomic E-state index is -0.354. The van der Waals surface area contributed by atoms with E-state index in [1.807, 2.05) is 31.2 Å². The number of carbonyl (C=O) groups excluding carboxylic acids is 2. The molecule has 2 bridgehead atoms. The second-order valence-electron chi connectivity index (χ2n) is 8.21. The number of hydrogen-bond acceptors (Lipinski definition) is 2. The Labute approximate surface area is 173 Å².